The second-order valence-corrected chi connectivity index (χ2v) is 11.2. The SMILES string of the molecule is CCN(CCC(=O)Nc1cccc(Nc2ncc3c(n2)-c2ccsc2CC3)c1)[I-]CNC. The van der Waals surface area contributed by atoms with Crippen LogP contribution in [0.15, 0.2) is 41.9 Å². The van der Waals surface area contributed by atoms with Gasteiger partial charge in [0.2, 0.25) is 0 Å². The number of carbonyl (C=O) groups is 1. The second-order valence-electron chi connectivity index (χ2n) is 7.44. The molecule has 0 spiro atoms. The Kier molecular flexibility index (Phi) is 8.06. The monoisotopic (exact) mass is 563 g/mol. The van der Waals surface area contributed by atoms with E-state index in [-0.39, 0.29) is 27.4 Å². The van der Waals surface area contributed by atoms with Crippen LogP contribution in [0.1, 0.15) is 23.8 Å². The molecule has 7 nitrogen and oxygen atoms in total. The Morgan fingerprint density at radius 2 is 2.12 bits per heavy atom. The van der Waals surface area contributed by atoms with Crippen LogP contribution in [0.3, 0.4) is 0 Å². The van der Waals surface area contributed by atoms with Crippen LogP contribution in [0.25, 0.3) is 11.3 Å². The predicted molar refractivity (Wildman–Crippen MR) is 127 cm³/mol. The van der Waals surface area contributed by atoms with Crippen molar-refractivity contribution in [3.05, 3.63) is 52.3 Å². The molecule has 1 aliphatic carbocycles. The Balaban J connectivity index is 1.38. The van der Waals surface area contributed by atoms with Gasteiger partial charge in [-0.25, -0.2) is 0 Å². The minimum atomic E-state index is -0.0662. The van der Waals surface area contributed by atoms with Gasteiger partial charge in [-0.2, -0.15) is 0 Å². The van der Waals surface area contributed by atoms with Crippen molar-refractivity contribution in [2.45, 2.75) is 26.2 Å². The number of rotatable bonds is 10. The number of halogens is 1. The third kappa shape index (κ3) is 5.83. The van der Waals surface area contributed by atoms with Gasteiger partial charge in [0.05, 0.1) is 0 Å². The van der Waals surface area contributed by atoms with Crippen molar-refractivity contribution in [1.82, 2.24) is 18.4 Å². The summed E-state index contributed by atoms with van der Waals surface area (Å²) < 4.78 is 3.40. The van der Waals surface area contributed by atoms with Crippen LogP contribution < -0.4 is 37.4 Å². The van der Waals surface area contributed by atoms with E-state index in [1.165, 1.54) is 16.0 Å². The number of anilines is 3. The van der Waals surface area contributed by atoms with E-state index in [9.17, 15) is 4.79 Å². The van der Waals surface area contributed by atoms with Crippen LogP contribution in [-0.4, -0.2) is 43.7 Å². The molecule has 170 valence electrons. The molecule has 4 rings (SSSR count). The Hall–Kier alpha value is -2.08. The number of thiophene rings is 1. The fourth-order valence-electron chi connectivity index (χ4n) is 3.57. The molecule has 0 unspecified atom stereocenters. The average molecular weight is 563 g/mol. The van der Waals surface area contributed by atoms with Crippen molar-refractivity contribution in [1.29, 1.82) is 0 Å². The van der Waals surface area contributed by atoms with E-state index in [1.54, 1.807) is 11.3 Å². The van der Waals surface area contributed by atoms with Gasteiger partial charge in [-0.05, 0) is 29.9 Å². The van der Waals surface area contributed by atoms with E-state index in [2.05, 4.69) is 42.4 Å². The number of hydrogen-bond acceptors (Lipinski definition) is 7. The van der Waals surface area contributed by atoms with E-state index in [0.29, 0.717) is 12.4 Å². The van der Waals surface area contributed by atoms with Crippen molar-refractivity contribution in [2.24, 2.45) is 0 Å². The molecule has 2 aromatic heterocycles. The van der Waals surface area contributed by atoms with Gasteiger partial charge in [0.15, 0.2) is 0 Å². The van der Waals surface area contributed by atoms with Crippen LogP contribution in [-0.2, 0) is 17.6 Å². The number of hydrogen-bond donors (Lipinski definition) is 3. The van der Waals surface area contributed by atoms with Gasteiger partial charge in [-0.15, -0.1) is 11.3 Å². The molecule has 3 aromatic rings. The number of aryl methyl sites for hydroxylation is 2. The molecule has 0 fully saturated rings. The van der Waals surface area contributed by atoms with Crippen LogP contribution in [0, 0.1) is 0 Å². The van der Waals surface area contributed by atoms with Gasteiger partial charge in [-0.3, -0.25) is 0 Å². The average Bonchev–Trinajstić information content (AvgIpc) is 3.29. The van der Waals surface area contributed by atoms with Gasteiger partial charge >= 0.3 is 153 Å². The number of aromatic nitrogens is 2. The fourth-order valence-corrected chi connectivity index (χ4v) is 6.34. The number of nitrogens with zero attached hydrogens (tertiary/aromatic N) is 3. The zero-order valence-corrected chi connectivity index (χ0v) is 21.3. The molecule has 1 amide bonds. The Labute approximate surface area is 203 Å². The van der Waals surface area contributed by atoms with E-state index >= 15 is 0 Å². The van der Waals surface area contributed by atoms with Crippen LogP contribution in [0.4, 0.5) is 17.3 Å². The van der Waals surface area contributed by atoms with E-state index in [4.69, 9.17) is 4.98 Å². The number of amides is 1. The second kappa shape index (κ2) is 11.2. The maximum absolute atomic E-state index is 12.4. The van der Waals surface area contributed by atoms with E-state index in [0.717, 1.165) is 47.6 Å². The molecular formula is C23H28IN6OS-. The molecule has 32 heavy (non-hydrogen) atoms. The summed E-state index contributed by atoms with van der Waals surface area (Å²) in [6, 6.07) is 9.84. The Bertz CT molecular complexity index is 1070. The fraction of sp³-hybridized carbons (Fsp3) is 0.348. The summed E-state index contributed by atoms with van der Waals surface area (Å²) in [5.41, 5.74) is 5.06. The molecule has 1 aromatic carbocycles. The molecule has 3 N–H and O–H groups in total. The molecule has 0 aliphatic heterocycles. The van der Waals surface area contributed by atoms with Gasteiger partial charge in [0, 0.05) is 10.4 Å². The molecular weight excluding hydrogens is 535 g/mol. The van der Waals surface area contributed by atoms with Crippen LogP contribution in [0.5, 0.6) is 0 Å². The van der Waals surface area contributed by atoms with Gasteiger partial charge in [0.25, 0.3) is 0 Å². The summed E-state index contributed by atoms with van der Waals surface area (Å²) in [5.74, 6) is 0.599. The summed E-state index contributed by atoms with van der Waals surface area (Å²) in [4.78, 5) is 23.1. The van der Waals surface area contributed by atoms with Crippen LogP contribution >= 0.6 is 11.3 Å². The molecule has 2 heterocycles. The van der Waals surface area contributed by atoms with Crippen molar-refractivity contribution in [2.75, 3.05) is 35.3 Å². The van der Waals surface area contributed by atoms with Crippen molar-refractivity contribution in [3.8, 4) is 11.3 Å². The van der Waals surface area contributed by atoms with Gasteiger partial charge < -0.3 is 0 Å². The number of fused-ring (bicyclic) bond motifs is 3. The first-order chi connectivity index (χ1) is 15.7. The first-order valence-electron chi connectivity index (χ1n) is 10.7. The van der Waals surface area contributed by atoms with Gasteiger partial charge in [0.1, 0.15) is 0 Å². The Morgan fingerprint density at radius 3 is 2.97 bits per heavy atom. The number of nitrogens with one attached hydrogen (secondary N) is 3. The standard InChI is InChI=1S/C23H28IN6OS/c1-3-30(24-15-25-2)11-9-21(31)27-17-5-4-6-18(13-17)28-23-26-14-16-7-8-20-19(10-12-32-20)22(16)29-23/h4-6,10,12-14,25H,3,7-9,11,15H2,1-2H3,(H,27,31)(H,26,28,29)/q-1. The number of alkyl halides is 1. The maximum atomic E-state index is 12.4. The molecule has 0 atom stereocenters. The third-order valence-corrected chi connectivity index (χ3v) is 9.39. The first-order valence-corrected chi connectivity index (χ1v) is 14.1. The van der Waals surface area contributed by atoms with Crippen molar-refractivity contribution in [3.63, 3.8) is 0 Å². The molecule has 0 saturated carbocycles. The molecule has 0 saturated heterocycles. The van der Waals surface area contributed by atoms with Crippen molar-refractivity contribution < 1.29 is 26.3 Å². The topological polar surface area (TPSA) is 82.2 Å². The molecule has 0 radical (unpaired) electrons. The third-order valence-electron chi connectivity index (χ3n) is 5.18. The number of carbonyl (C=O) groups excluding carboxylic acids is 1. The summed E-state index contributed by atoms with van der Waals surface area (Å²) in [5, 5.41) is 11.6. The zero-order valence-electron chi connectivity index (χ0n) is 18.3. The first kappa shape index (κ1) is 23.1. The minimum absolute atomic E-state index is 0.0316. The summed E-state index contributed by atoms with van der Waals surface area (Å²) in [7, 11) is 1.97. The van der Waals surface area contributed by atoms with Crippen molar-refractivity contribution >= 4 is 34.6 Å². The summed E-state index contributed by atoms with van der Waals surface area (Å²) in [6.07, 6.45) is 4.46. The van der Waals surface area contributed by atoms with E-state index in [1.807, 2.05) is 37.5 Å². The zero-order chi connectivity index (χ0) is 22.3. The molecule has 1 aliphatic rings. The predicted octanol–water partition coefficient (Wildman–Crippen LogP) is 0.879. The van der Waals surface area contributed by atoms with E-state index < -0.39 is 0 Å². The summed E-state index contributed by atoms with van der Waals surface area (Å²) >= 11 is 1.73. The molecule has 9 heteroatoms. The van der Waals surface area contributed by atoms with Gasteiger partial charge in [-0.1, -0.05) is 0 Å². The quantitative estimate of drug-likeness (QED) is 0.147. The molecule has 0 bridgehead atoms. The summed E-state index contributed by atoms with van der Waals surface area (Å²) in [6.45, 7) is 3.92. The normalized spacial score (nSPS) is 12.5. The Morgan fingerprint density at radius 1 is 1.25 bits per heavy atom. The van der Waals surface area contributed by atoms with Crippen LogP contribution in [0.2, 0.25) is 0 Å². The number of benzene rings is 1.